The molecule has 0 aliphatic rings. The third kappa shape index (κ3) is 8.67. The van der Waals surface area contributed by atoms with E-state index in [1.165, 1.54) is 23.5 Å². The van der Waals surface area contributed by atoms with Gasteiger partial charge in [-0.25, -0.2) is 8.96 Å². The Bertz CT molecular complexity index is 868. The molecule has 1 unspecified atom stereocenters. The van der Waals surface area contributed by atoms with Crippen molar-refractivity contribution in [3.63, 3.8) is 0 Å². The van der Waals surface area contributed by atoms with Crippen molar-refractivity contribution >= 4 is 19.2 Å². The summed E-state index contributed by atoms with van der Waals surface area (Å²) in [5, 5.41) is 0. The molecule has 0 spiro atoms. The fourth-order valence-electron chi connectivity index (χ4n) is 2.09. The summed E-state index contributed by atoms with van der Waals surface area (Å²) in [5.74, 6) is 5.93. The Labute approximate surface area is 161 Å². The first-order valence-electron chi connectivity index (χ1n) is 8.08. The number of ether oxygens (including phenoxy) is 1. The van der Waals surface area contributed by atoms with E-state index in [0.717, 1.165) is 9.75 Å². The summed E-state index contributed by atoms with van der Waals surface area (Å²) in [6.45, 7) is 1.60. The van der Waals surface area contributed by atoms with Crippen LogP contribution in [0.15, 0.2) is 36.4 Å². The molecule has 2 aromatic rings. The molecule has 0 saturated heterocycles. The van der Waals surface area contributed by atoms with Crippen molar-refractivity contribution in [2.75, 3.05) is 13.2 Å². The molecule has 0 saturated carbocycles. The molecule has 0 aliphatic heterocycles. The first-order valence-corrected chi connectivity index (χ1v) is 10.4. The molecule has 4 N–H and O–H groups in total. The smallest absolute Gasteiger partial charge is 0.469 e. The van der Waals surface area contributed by atoms with Gasteiger partial charge in [0.15, 0.2) is 0 Å². The van der Waals surface area contributed by atoms with Crippen LogP contribution in [0, 0.1) is 17.7 Å². The summed E-state index contributed by atoms with van der Waals surface area (Å²) >= 11 is 1.51. The highest BCUT2D eigenvalue weighted by atomic mass is 32.1. The summed E-state index contributed by atoms with van der Waals surface area (Å²) < 4.78 is 33.6. The Morgan fingerprint density at radius 2 is 2.11 bits per heavy atom. The minimum atomic E-state index is -4.52. The van der Waals surface area contributed by atoms with E-state index in [1.54, 1.807) is 19.1 Å². The van der Waals surface area contributed by atoms with Crippen molar-refractivity contribution in [1.29, 1.82) is 0 Å². The molecule has 27 heavy (non-hydrogen) atoms. The molecular weight excluding hydrogens is 392 g/mol. The Kier molecular flexibility index (Phi) is 7.57. The molecule has 6 nitrogen and oxygen atoms in total. The van der Waals surface area contributed by atoms with Crippen LogP contribution in [0.2, 0.25) is 0 Å². The van der Waals surface area contributed by atoms with E-state index in [-0.39, 0.29) is 19.0 Å². The lowest BCUT2D eigenvalue weighted by atomic mass is 9.98. The number of halogens is 1. The number of nitrogens with two attached hydrogens (primary N) is 1. The van der Waals surface area contributed by atoms with E-state index in [4.69, 9.17) is 20.3 Å². The summed E-state index contributed by atoms with van der Waals surface area (Å²) in [6.07, 6.45) is 1.15. The fourth-order valence-corrected chi connectivity index (χ4v) is 3.44. The monoisotopic (exact) mass is 413 g/mol. The summed E-state index contributed by atoms with van der Waals surface area (Å²) in [5.41, 5.74) is 5.16. The first-order chi connectivity index (χ1) is 12.6. The van der Waals surface area contributed by atoms with Gasteiger partial charge in [-0.3, -0.25) is 4.52 Å². The van der Waals surface area contributed by atoms with Crippen LogP contribution < -0.4 is 10.5 Å². The van der Waals surface area contributed by atoms with Crippen molar-refractivity contribution in [2.24, 2.45) is 5.73 Å². The number of hydrogen-bond acceptors (Lipinski definition) is 5. The fraction of sp³-hybridized carbons (Fsp3) is 0.333. The van der Waals surface area contributed by atoms with E-state index in [1.807, 2.05) is 12.1 Å². The third-order valence-corrected chi connectivity index (χ3v) is 5.01. The molecular formula is C18H21FNO5PS. The lowest BCUT2D eigenvalue weighted by Crippen LogP contribution is -2.41. The van der Waals surface area contributed by atoms with E-state index in [0.29, 0.717) is 18.6 Å². The second-order valence-corrected chi connectivity index (χ2v) is 8.64. The number of thiophene rings is 1. The number of phosphoric ester groups is 1. The highest BCUT2D eigenvalue weighted by molar-refractivity contribution is 7.46. The average molecular weight is 413 g/mol. The van der Waals surface area contributed by atoms with Crippen molar-refractivity contribution in [2.45, 2.75) is 25.3 Å². The Morgan fingerprint density at radius 3 is 2.81 bits per heavy atom. The van der Waals surface area contributed by atoms with E-state index >= 15 is 0 Å². The zero-order valence-electron chi connectivity index (χ0n) is 14.7. The predicted molar refractivity (Wildman–Crippen MR) is 102 cm³/mol. The second kappa shape index (κ2) is 9.47. The first kappa shape index (κ1) is 21.6. The highest BCUT2D eigenvalue weighted by Crippen LogP contribution is 2.37. The number of benzene rings is 1. The van der Waals surface area contributed by atoms with Gasteiger partial charge in [0.25, 0.3) is 0 Å². The van der Waals surface area contributed by atoms with E-state index in [2.05, 4.69) is 16.4 Å². The Balaban J connectivity index is 1.80. The van der Waals surface area contributed by atoms with Gasteiger partial charge >= 0.3 is 7.82 Å². The molecule has 0 fully saturated rings. The summed E-state index contributed by atoms with van der Waals surface area (Å²) in [6, 6.07) is 9.69. The van der Waals surface area contributed by atoms with Gasteiger partial charge in [0.2, 0.25) is 0 Å². The molecule has 9 heteroatoms. The highest BCUT2D eigenvalue weighted by Gasteiger charge is 2.24. The molecule has 0 aliphatic carbocycles. The van der Waals surface area contributed by atoms with Crippen molar-refractivity contribution in [3.05, 3.63) is 52.0 Å². The van der Waals surface area contributed by atoms with Gasteiger partial charge in [-0.1, -0.05) is 17.9 Å². The van der Waals surface area contributed by atoms with E-state index < -0.39 is 13.4 Å². The van der Waals surface area contributed by atoms with Gasteiger partial charge in [-0.15, -0.1) is 11.3 Å². The lowest BCUT2D eigenvalue weighted by molar-refractivity contribution is 0.154. The standard InChI is InChI=1S/C18H21FNO5PS/c1-18(20,13-25-26(21,22)23)10-9-17-8-7-16(27-17)6-3-11-24-15-5-2-4-14(19)12-15/h2,4-5,7-8,12H,9-11,13,20H2,1H3,(H2,21,22,23). The quantitative estimate of drug-likeness (QED) is 0.454. The molecule has 1 atom stereocenters. The number of hydrogen-bond donors (Lipinski definition) is 3. The van der Waals surface area contributed by atoms with Crippen molar-refractivity contribution in [3.8, 4) is 17.6 Å². The van der Waals surface area contributed by atoms with Crippen molar-refractivity contribution < 1.29 is 28.0 Å². The van der Waals surface area contributed by atoms with Crippen LogP contribution in [0.1, 0.15) is 23.1 Å². The normalized spacial score (nSPS) is 13.5. The molecule has 146 valence electrons. The van der Waals surface area contributed by atoms with Gasteiger partial charge in [0.05, 0.1) is 11.5 Å². The second-order valence-electron chi connectivity index (χ2n) is 6.23. The minimum Gasteiger partial charge on any atom is -0.481 e. The minimum absolute atomic E-state index is 0.150. The maximum absolute atomic E-state index is 13.0. The lowest BCUT2D eigenvalue weighted by Gasteiger charge is -2.24. The maximum atomic E-state index is 13.0. The SMILES string of the molecule is CC(N)(CCc1ccc(C#CCOc2cccc(F)c2)s1)COP(=O)(O)O. The van der Waals surface area contributed by atoms with E-state index in [9.17, 15) is 8.96 Å². The average Bonchev–Trinajstić information content (AvgIpc) is 3.03. The number of rotatable bonds is 8. The molecule has 1 heterocycles. The van der Waals surface area contributed by atoms with Crippen LogP contribution in [0.3, 0.4) is 0 Å². The zero-order chi connectivity index (χ0) is 19.9. The molecule has 0 amide bonds. The van der Waals surface area contributed by atoms with Gasteiger partial charge in [0, 0.05) is 16.5 Å². The van der Waals surface area contributed by atoms with Crippen LogP contribution in [0.4, 0.5) is 4.39 Å². The summed E-state index contributed by atoms with van der Waals surface area (Å²) in [4.78, 5) is 19.4. The van der Waals surface area contributed by atoms with Crippen LogP contribution in [-0.2, 0) is 15.5 Å². The molecule has 0 bridgehead atoms. The Morgan fingerprint density at radius 1 is 1.33 bits per heavy atom. The van der Waals surface area contributed by atoms with Crippen LogP contribution >= 0.6 is 19.2 Å². The zero-order valence-corrected chi connectivity index (χ0v) is 16.4. The molecule has 0 radical (unpaired) electrons. The summed E-state index contributed by atoms with van der Waals surface area (Å²) in [7, 11) is -4.52. The third-order valence-electron chi connectivity index (χ3n) is 3.49. The number of aryl methyl sites for hydroxylation is 1. The topological polar surface area (TPSA) is 102 Å². The molecule has 2 rings (SSSR count). The largest absolute Gasteiger partial charge is 0.481 e. The Hall–Kier alpha value is -1.72. The van der Waals surface area contributed by atoms with Crippen molar-refractivity contribution in [1.82, 2.24) is 0 Å². The van der Waals surface area contributed by atoms with Crippen LogP contribution in [0.5, 0.6) is 5.75 Å². The molecule has 1 aromatic carbocycles. The molecule has 1 aromatic heterocycles. The van der Waals surface area contributed by atoms with Crippen LogP contribution in [0.25, 0.3) is 0 Å². The van der Waals surface area contributed by atoms with Gasteiger partial charge in [0.1, 0.15) is 18.2 Å². The van der Waals surface area contributed by atoms with Gasteiger partial charge in [-0.2, -0.15) is 0 Å². The predicted octanol–water partition coefficient (Wildman–Crippen LogP) is 3.08. The van der Waals surface area contributed by atoms with Gasteiger partial charge < -0.3 is 20.3 Å². The number of phosphoric acid groups is 1. The van der Waals surface area contributed by atoms with Crippen LogP contribution in [-0.4, -0.2) is 28.5 Å². The maximum Gasteiger partial charge on any atom is 0.469 e. The van der Waals surface area contributed by atoms with Gasteiger partial charge in [-0.05, 0) is 44.0 Å².